The van der Waals surface area contributed by atoms with Gasteiger partial charge in [-0.15, -0.1) is 0 Å². The van der Waals surface area contributed by atoms with Crippen LogP contribution in [-0.4, -0.2) is 33.1 Å². The first-order valence-electron chi connectivity index (χ1n) is 9.59. The van der Waals surface area contributed by atoms with Crippen molar-refractivity contribution in [1.82, 2.24) is 5.32 Å². The van der Waals surface area contributed by atoms with E-state index in [0.29, 0.717) is 22.6 Å². The molecule has 0 aliphatic carbocycles. The number of aryl methyl sites for hydroxylation is 1. The normalized spacial score (nSPS) is 12.1. The smallest absolute Gasteiger partial charge is 0.262 e. The number of carbonyl (C=O) groups excluding carboxylic acids is 1. The summed E-state index contributed by atoms with van der Waals surface area (Å²) in [5, 5.41) is 12.9. The Morgan fingerprint density at radius 1 is 1.03 bits per heavy atom. The molecule has 3 N–H and O–H groups in total. The first-order chi connectivity index (χ1) is 14.8. The van der Waals surface area contributed by atoms with Crippen molar-refractivity contribution >= 4 is 21.6 Å². The molecule has 0 saturated carbocycles. The molecular formula is C23H24N2O5S. The molecule has 0 spiro atoms. The molecule has 3 aromatic carbocycles. The number of amides is 1. The molecule has 3 aromatic rings. The molecule has 1 amide bonds. The lowest BCUT2D eigenvalue weighted by molar-refractivity contribution is 0.0916. The number of aliphatic hydroxyl groups is 1. The number of rotatable bonds is 8. The molecule has 162 valence electrons. The summed E-state index contributed by atoms with van der Waals surface area (Å²) in [6, 6.07) is 20.0. The zero-order valence-electron chi connectivity index (χ0n) is 17.2. The van der Waals surface area contributed by atoms with E-state index in [1.165, 1.54) is 13.2 Å². The van der Waals surface area contributed by atoms with Crippen molar-refractivity contribution < 1.29 is 23.1 Å². The fourth-order valence-electron chi connectivity index (χ4n) is 3.04. The molecule has 0 fully saturated rings. The second-order valence-corrected chi connectivity index (χ2v) is 8.57. The van der Waals surface area contributed by atoms with E-state index >= 15 is 0 Å². The van der Waals surface area contributed by atoms with Crippen LogP contribution in [0, 0.1) is 6.92 Å². The van der Waals surface area contributed by atoms with Gasteiger partial charge in [0.1, 0.15) is 5.75 Å². The Kier molecular flexibility index (Phi) is 6.94. The van der Waals surface area contributed by atoms with E-state index in [1.54, 1.807) is 67.6 Å². The highest BCUT2D eigenvalue weighted by atomic mass is 32.2. The fraction of sp³-hybridized carbons (Fsp3) is 0.174. The van der Waals surface area contributed by atoms with Gasteiger partial charge in [-0.3, -0.25) is 9.52 Å². The molecule has 0 aromatic heterocycles. The third kappa shape index (κ3) is 5.42. The monoisotopic (exact) mass is 440 g/mol. The van der Waals surface area contributed by atoms with Gasteiger partial charge in [0.2, 0.25) is 0 Å². The highest BCUT2D eigenvalue weighted by Crippen LogP contribution is 2.27. The summed E-state index contributed by atoms with van der Waals surface area (Å²) in [6.07, 6.45) is -0.869. The minimum atomic E-state index is -3.97. The first-order valence-corrected chi connectivity index (χ1v) is 11.1. The number of para-hydroxylation sites is 2. The van der Waals surface area contributed by atoms with Crippen LogP contribution in [0.5, 0.6) is 5.75 Å². The average molecular weight is 441 g/mol. The summed E-state index contributed by atoms with van der Waals surface area (Å²) in [5.41, 5.74) is 1.63. The van der Waals surface area contributed by atoms with Gasteiger partial charge in [-0.1, -0.05) is 48.5 Å². The molecule has 0 bridgehead atoms. The summed E-state index contributed by atoms with van der Waals surface area (Å²) in [6.45, 7) is 1.65. The second-order valence-electron chi connectivity index (χ2n) is 6.92. The van der Waals surface area contributed by atoms with Crippen molar-refractivity contribution in [1.29, 1.82) is 0 Å². The van der Waals surface area contributed by atoms with Gasteiger partial charge in [0.25, 0.3) is 15.9 Å². The maximum absolute atomic E-state index is 13.0. The molecule has 7 nitrogen and oxygen atoms in total. The molecule has 8 heteroatoms. The second kappa shape index (κ2) is 9.63. The van der Waals surface area contributed by atoms with Crippen LogP contribution >= 0.6 is 0 Å². The Balaban J connectivity index is 1.78. The van der Waals surface area contributed by atoms with Crippen LogP contribution in [0.1, 0.15) is 27.6 Å². The lowest BCUT2D eigenvalue weighted by Gasteiger charge is -2.15. The van der Waals surface area contributed by atoms with Crippen LogP contribution in [0.15, 0.2) is 77.7 Å². The van der Waals surface area contributed by atoms with Crippen molar-refractivity contribution in [3.63, 3.8) is 0 Å². The van der Waals surface area contributed by atoms with Crippen LogP contribution in [-0.2, 0) is 10.0 Å². The summed E-state index contributed by atoms with van der Waals surface area (Å²) >= 11 is 0. The molecule has 31 heavy (non-hydrogen) atoms. The molecule has 0 aliphatic rings. The fourth-order valence-corrected chi connectivity index (χ4v) is 4.39. The first kappa shape index (κ1) is 22.3. The van der Waals surface area contributed by atoms with E-state index in [2.05, 4.69) is 10.0 Å². The Hall–Kier alpha value is -3.36. The van der Waals surface area contributed by atoms with Crippen molar-refractivity contribution in [2.24, 2.45) is 0 Å². The van der Waals surface area contributed by atoms with Crippen molar-refractivity contribution in [2.75, 3.05) is 18.4 Å². The van der Waals surface area contributed by atoms with Crippen LogP contribution in [0.3, 0.4) is 0 Å². The largest absolute Gasteiger partial charge is 0.495 e. The Morgan fingerprint density at radius 3 is 2.42 bits per heavy atom. The minimum Gasteiger partial charge on any atom is -0.495 e. The van der Waals surface area contributed by atoms with Crippen LogP contribution < -0.4 is 14.8 Å². The van der Waals surface area contributed by atoms with E-state index in [9.17, 15) is 18.3 Å². The van der Waals surface area contributed by atoms with E-state index < -0.39 is 22.0 Å². The maximum atomic E-state index is 13.0. The zero-order chi connectivity index (χ0) is 22.4. The van der Waals surface area contributed by atoms with Gasteiger partial charge in [-0.05, 0) is 42.3 Å². The summed E-state index contributed by atoms with van der Waals surface area (Å²) in [5.74, 6) is -0.101. The summed E-state index contributed by atoms with van der Waals surface area (Å²) < 4.78 is 33.7. The standard InChI is InChI=1S/C23H24N2O5S/c1-16-12-13-18(23(27)24-15-20(26)17-8-4-3-5-9-17)14-22(16)31(28,29)25-19-10-6-7-11-21(19)30-2/h3-14,20,25-26H,15H2,1-2H3,(H,24,27). The number of hydrogen-bond acceptors (Lipinski definition) is 5. The molecule has 1 atom stereocenters. The third-order valence-corrected chi connectivity index (χ3v) is 6.24. The number of anilines is 1. The third-order valence-electron chi connectivity index (χ3n) is 4.73. The minimum absolute atomic E-state index is 0.00172. The van der Waals surface area contributed by atoms with E-state index in [1.807, 2.05) is 6.07 Å². The van der Waals surface area contributed by atoms with Crippen molar-refractivity contribution in [2.45, 2.75) is 17.9 Å². The van der Waals surface area contributed by atoms with Crippen molar-refractivity contribution in [3.05, 3.63) is 89.5 Å². The van der Waals surface area contributed by atoms with Crippen LogP contribution in [0.25, 0.3) is 0 Å². The van der Waals surface area contributed by atoms with Crippen LogP contribution in [0.4, 0.5) is 5.69 Å². The molecule has 0 aliphatic heterocycles. The predicted octanol–water partition coefficient (Wildman–Crippen LogP) is 3.27. The van der Waals surface area contributed by atoms with Crippen LogP contribution in [0.2, 0.25) is 0 Å². The van der Waals surface area contributed by atoms with Gasteiger partial charge in [-0.2, -0.15) is 0 Å². The van der Waals surface area contributed by atoms with Gasteiger partial charge in [0, 0.05) is 12.1 Å². The van der Waals surface area contributed by atoms with Gasteiger partial charge in [0.15, 0.2) is 0 Å². The number of nitrogens with one attached hydrogen (secondary N) is 2. The maximum Gasteiger partial charge on any atom is 0.262 e. The number of carbonyl (C=O) groups is 1. The average Bonchev–Trinajstić information content (AvgIpc) is 2.78. The van der Waals surface area contributed by atoms with Gasteiger partial charge in [0.05, 0.1) is 23.8 Å². The lowest BCUT2D eigenvalue weighted by atomic mass is 10.1. The molecule has 3 rings (SSSR count). The predicted molar refractivity (Wildman–Crippen MR) is 119 cm³/mol. The molecule has 1 unspecified atom stereocenters. The molecule has 0 heterocycles. The Labute approximate surface area is 181 Å². The number of ether oxygens (including phenoxy) is 1. The summed E-state index contributed by atoms with van der Waals surface area (Å²) in [7, 11) is -2.51. The number of hydrogen-bond donors (Lipinski definition) is 3. The molecule has 0 saturated heterocycles. The topological polar surface area (TPSA) is 105 Å². The van der Waals surface area contributed by atoms with Gasteiger partial charge in [-0.25, -0.2) is 8.42 Å². The summed E-state index contributed by atoms with van der Waals surface area (Å²) in [4.78, 5) is 12.6. The van der Waals surface area contributed by atoms with Gasteiger partial charge >= 0.3 is 0 Å². The number of benzene rings is 3. The number of sulfonamides is 1. The zero-order valence-corrected chi connectivity index (χ0v) is 18.0. The lowest BCUT2D eigenvalue weighted by Crippen LogP contribution is -2.28. The van der Waals surface area contributed by atoms with E-state index in [-0.39, 0.29) is 17.0 Å². The highest BCUT2D eigenvalue weighted by molar-refractivity contribution is 7.92. The quantitative estimate of drug-likeness (QED) is 0.499. The molecular weight excluding hydrogens is 416 g/mol. The van der Waals surface area contributed by atoms with Crippen molar-refractivity contribution in [3.8, 4) is 5.75 Å². The van der Waals surface area contributed by atoms with E-state index in [4.69, 9.17) is 4.74 Å². The molecule has 0 radical (unpaired) electrons. The number of aliphatic hydroxyl groups excluding tert-OH is 1. The van der Waals surface area contributed by atoms with Gasteiger partial charge < -0.3 is 15.2 Å². The van der Waals surface area contributed by atoms with E-state index in [0.717, 1.165) is 0 Å². The Morgan fingerprint density at radius 2 is 1.71 bits per heavy atom. The Bertz CT molecular complexity index is 1160. The number of methoxy groups -OCH3 is 1. The SMILES string of the molecule is COc1ccccc1NS(=O)(=O)c1cc(C(=O)NCC(O)c2ccccc2)ccc1C. The highest BCUT2D eigenvalue weighted by Gasteiger charge is 2.21.